The molecule has 1 atom stereocenters. The Bertz CT molecular complexity index is 330. The minimum Gasteiger partial charge on any atom is -0.480 e. The van der Waals surface area contributed by atoms with Gasteiger partial charge in [0.15, 0.2) is 0 Å². The molecular weight excluding hydrogens is 194 g/mol. The third-order valence-electron chi connectivity index (χ3n) is 2.79. The molecule has 0 radical (unpaired) electrons. The number of hydrogen-bond donors (Lipinski definition) is 1. The Kier molecular flexibility index (Phi) is 2.77. The summed E-state index contributed by atoms with van der Waals surface area (Å²) >= 11 is 0. The van der Waals surface area contributed by atoms with Gasteiger partial charge < -0.3 is 9.52 Å². The van der Waals surface area contributed by atoms with Gasteiger partial charge in [0, 0.05) is 6.04 Å². The zero-order valence-corrected chi connectivity index (χ0v) is 8.72. The first-order chi connectivity index (χ1) is 7.18. The molecule has 4 heteroatoms. The average molecular weight is 209 g/mol. The maximum Gasteiger partial charge on any atom is 0.317 e. The minimum atomic E-state index is -0.777. The standard InChI is InChI=1S/C11H15NO3/c1-8(10-3-2-6-15-10)12(7-11(13)14)9-4-5-9/h2-3,6,8-9H,4-5,7H2,1H3,(H,13,14). The van der Waals surface area contributed by atoms with Gasteiger partial charge in [0.1, 0.15) is 5.76 Å². The van der Waals surface area contributed by atoms with Gasteiger partial charge in [0.25, 0.3) is 0 Å². The summed E-state index contributed by atoms with van der Waals surface area (Å²) < 4.78 is 5.30. The predicted octanol–water partition coefficient (Wildman–Crippen LogP) is 1.89. The van der Waals surface area contributed by atoms with E-state index in [0.29, 0.717) is 6.04 Å². The molecule has 1 heterocycles. The highest BCUT2D eigenvalue weighted by Crippen LogP contribution is 2.33. The van der Waals surface area contributed by atoms with Crippen molar-refractivity contribution in [3.8, 4) is 0 Å². The fraction of sp³-hybridized carbons (Fsp3) is 0.545. The van der Waals surface area contributed by atoms with Gasteiger partial charge in [0.2, 0.25) is 0 Å². The molecule has 0 spiro atoms. The lowest BCUT2D eigenvalue weighted by atomic mass is 10.2. The van der Waals surface area contributed by atoms with Crippen molar-refractivity contribution in [2.75, 3.05) is 6.54 Å². The Morgan fingerprint density at radius 3 is 2.93 bits per heavy atom. The van der Waals surface area contributed by atoms with Crippen LogP contribution in [0.25, 0.3) is 0 Å². The Morgan fingerprint density at radius 2 is 2.47 bits per heavy atom. The van der Waals surface area contributed by atoms with Gasteiger partial charge in [-0.3, -0.25) is 9.69 Å². The monoisotopic (exact) mass is 209 g/mol. The summed E-state index contributed by atoms with van der Waals surface area (Å²) in [5.41, 5.74) is 0. The minimum absolute atomic E-state index is 0.0450. The Hall–Kier alpha value is -1.29. The van der Waals surface area contributed by atoms with Crippen LogP contribution in [-0.2, 0) is 4.79 Å². The number of nitrogens with zero attached hydrogens (tertiary/aromatic N) is 1. The summed E-state index contributed by atoms with van der Waals surface area (Å²) in [5.74, 6) is 0.0588. The number of carbonyl (C=O) groups is 1. The molecule has 1 aliphatic rings. The molecule has 1 aromatic heterocycles. The van der Waals surface area contributed by atoms with Crippen molar-refractivity contribution in [1.82, 2.24) is 4.90 Å². The van der Waals surface area contributed by atoms with Crippen LogP contribution in [0.4, 0.5) is 0 Å². The summed E-state index contributed by atoms with van der Waals surface area (Å²) in [6.07, 6.45) is 3.81. The molecule has 1 saturated carbocycles. The van der Waals surface area contributed by atoms with Crippen LogP contribution in [0.1, 0.15) is 31.6 Å². The summed E-state index contributed by atoms with van der Waals surface area (Å²) in [6.45, 7) is 2.08. The fourth-order valence-electron chi connectivity index (χ4n) is 1.84. The first-order valence-corrected chi connectivity index (χ1v) is 5.19. The highest BCUT2D eigenvalue weighted by molar-refractivity contribution is 5.69. The van der Waals surface area contributed by atoms with Crippen LogP contribution in [0.3, 0.4) is 0 Å². The van der Waals surface area contributed by atoms with Gasteiger partial charge in [-0.15, -0.1) is 0 Å². The van der Waals surface area contributed by atoms with Crippen molar-refractivity contribution in [2.24, 2.45) is 0 Å². The molecule has 0 aromatic carbocycles. The SMILES string of the molecule is CC(c1ccco1)N(CC(=O)O)C1CC1. The van der Waals surface area contributed by atoms with E-state index in [1.807, 2.05) is 24.0 Å². The highest BCUT2D eigenvalue weighted by atomic mass is 16.4. The van der Waals surface area contributed by atoms with Crippen LogP contribution in [0.5, 0.6) is 0 Å². The van der Waals surface area contributed by atoms with E-state index in [1.54, 1.807) is 6.26 Å². The molecule has 1 unspecified atom stereocenters. The van der Waals surface area contributed by atoms with Crippen LogP contribution in [0, 0.1) is 0 Å². The van der Waals surface area contributed by atoms with Gasteiger partial charge in [0.05, 0.1) is 18.8 Å². The van der Waals surface area contributed by atoms with Crippen molar-refractivity contribution < 1.29 is 14.3 Å². The van der Waals surface area contributed by atoms with Crippen molar-refractivity contribution in [2.45, 2.75) is 31.8 Å². The number of carboxylic acid groups (broad SMARTS) is 1. The van der Waals surface area contributed by atoms with Gasteiger partial charge in [-0.25, -0.2) is 0 Å². The molecule has 1 aromatic rings. The molecule has 0 bridgehead atoms. The summed E-state index contributed by atoms with van der Waals surface area (Å²) in [6, 6.07) is 4.18. The second-order valence-corrected chi connectivity index (χ2v) is 3.99. The summed E-state index contributed by atoms with van der Waals surface area (Å²) in [5, 5.41) is 8.83. The van der Waals surface area contributed by atoms with Crippen molar-refractivity contribution in [3.63, 3.8) is 0 Å². The molecule has 4 nitrogen and oxygen atoms in total. The van der Waals surface area contributed by atoms with Crippen molar-refractivity contribution >= 4 is 5.97 Å². The smallest absolute Gasteiger partial charge is 0.317 e. The molecule has 0 amide bonds. The molecule has 2 rings (SSSR count). The van der Waals surface area contributed by atoms with Gasteiger partial charge in [-0.2, -0.15) is 0 Å². The topological polar surface area (TPSA) is 53.7 Å². The lowest BCUT2D eigenvalue weighted by molar-refractivity contribution is -0.139. The summed E-state index contributed by atoms with van der Waals surface area (Å²) in [4.78, 5) is 12.7. The molecule has 15 heavy (non-hydrogen) atoms. The molecule has 0 aliphatic heterocycles. The van der Waals surface area contributed by atoms with E-state index in [2.05, 4.69) is 0 Å². The molecule has 82 valence electrons. The average Bonchev–Trinajstić information content (AvgIpc) is 2.88. The maximum atomic E-state index is 10.7. The largest absolute Gasteiger partial charge is 0.480 e. The maximum absolute atomic E-state index is 10.7. The molecule has 0 saturated heterocycles. The lowest BCUT2D eigenvalue weighted by Gasteiger charge is -2.25. The predicted molar refractivity (Wildman–Crippen MR) is 54.5 cm³/mol. The molecular formula is C11H15NO3. The fourth-order valence-corrected chi connectivity index (χ4v) is 1.84. The van der Waals surface area contributed by atoms with E-state index < -0.39 is 5.97 Å². The number of hydrogen-bond acceptors (Lipinski definition) is 3. The second-order valence-electron chi connectivity index (χ2n) is 3.99. The third-order valence-corrected chi connectivity index (χ3v) is 2.79. The second kappa shape index (κ2) is 4.06. The van der Waals surface area contributed by atoms with E-state index >= 15 is 0 Å². The van der Waals surface area contributed by atoms with Crippen LogP contribution in [0.15, 0.2) is 22.8 Å². The lowest BCUT2D eigenvalue weighted by Crippen LogP contribution is -2.34. The van der Waals surface area contributed by atoms with Gasteiger partial charge in [-0.1, -0.05) is 0 Å². The quantitative estimate of drug-likeness (QED) is 0.804. The van der Waals surface area contributed by atoms with Crippen molar-refractivity contribution in [3.05, 3.63) is 24.2 Å². The van der Waals surface area contributed by atoms with Crippen LogP contribution in [0.2, 0.25) is 0 Å². The Balaban J connectivity index is 2.07. The zero-order valence-electron chi connectivity index (χ0n) is 8.72. The number of rotatable bonds is 5. The van der Waals surface area contributed by atoms with Crippen molar-refractivity contribution in [1.29, 1.82) is 0 Å². The zero-order chi connectivity index (χ0) is 10.8. The Labute approximate surface area is 88.5 Å². The molecule has 1 aliphatic carbocycles. The van der Waals surface area contributed by atoms with Crippen LogP contribution < -0.4 is 0 Å². The first-order valence-electron chi connectivity index (χ1n) is 5.19. The van der Waals surface area contributed by atoms with Crippen LogP contribution in [-0.4, -0.2) is 28.6 Å². The number of aliphatic carboxylic acids is 1. The van der Waals surface area contributed by atoms with Gasteiger partial charge in [-0.05, 0) is 31.9 Å². The van der Waals surface area contributed by atoms with E-state index in [1.165, 1.54) is 0 Å². The van der Waals surface area contributed by atoms with E-state index in [4.69, 9.17) is 9.52 Å². The van der Waals surface area contributed by atoms with Crippen LogP contribution >= 0.6 is 0 Å². The van der Waals surface area contributed by atoms with E-state index in [0.717, 1.165) is 18.6 Å². The normalized spacial score (nSPS) is 18.0. The van der Waals surface area contributed by atoms with E-state index in [-0.39, 0.29) is 12.6 Å². The van der Waals surface area contributed by atoms with Gasteiger partial charge >= 0.3 is 5.97 Å². The third kappa shape index (κ3) is 2.39. The Morgan fingerprint density at radius 1 is 1.73 bits per heavy atom. The van der Waals surface area contributed by atoms with E-state index in [9.17, 15) is 4.79 Å². The molecule has 1 N–H and O–H groups in total. The summed E-state index contributed by atoms with van der Waals surface area (Å²) in [7, 11) is 0. The number of furan rings is 1. The molecule has 1 fully saturated rings. The number of carboxylic acids is 1. The highest BCUT2D eigenvalue weighted by Gasteiger charge is 2.34. The first kappa shape index (κ1) is 10.2.